The number of aryl methyl sites for hydroxylation is 2. The second-order valence-corrected chi connectivity index (χ2v) is 5.65. The van der Waals surface area contributed by atoms with Crippen molar-refractivity contribution in [3.63, 3.8) is 0 Å². The van der Waals surface area contributed by atoms with E-state index < -0.39 is 0 Å². The Bertz CT molecular complexity index is 889. The molecule has 4 rings (SSSR count). The highest BCUT2D eigenvalue weighted by Crippen LogP contribution is 2.36. The lowest BCUT2D eigenvalue weighted by atomic mass is 10.1. The van der Waals surface area contributed by atoms with Gasteiger partial charge in [-0.25, -0.2) is 4.68 Å². The number of nitrogens with zero attached hydrogens (tertiary/aromatic N) is 3. The summed E-state index contributed by atoms with van der Waals surface area (Å²) in [5.41, 5.74) is 4.22. The van der Waals surface area contributed by atoms with Crippen LogP contribution in [-0.2, 0) is 6.54 Å². The van der Waals surface area contributed by atoms with E-state index in [2.05, 4.69) is 27.6 Å². The predicted octanol–water partition coefficient (Wildman–Crippen LogP) is 3.21. The molecule has 0 radical (unpaired) electrons. The van der Waals surface area contributed by atoms with E-state index in [4.69, 9.17) is 17.0 Å². The molecular weight excluding hydrogens is 284 g/mol. The monoisotopic (exact) mass is 300 g/mol. The van der Waals surface area contributed by atoms with Crippen LogP contribution in [0.5, 0.6) is 5.75 Å². The minimum absolute atomic E-state index is 0.101. The van der Waals surface area contributed by atoms with Crippen molar-refractivity contribution in [1.82, 2.24) is 19.3 Å². The fourth-order valence-electron chi connectivity index (χ4n) is 3.09. The molecule has 0 bridgehead atoms. The maximum absolute atomic E-state index is 5.81. The molecule has 1 N–H and O–H groups in total. The summed E-state index contributed by atoms with van der Waals surface area (Å²) in [7, 11) is 0. The third-order valence-electron chi connectivity index (χ3n) is 4.07. The molecule has 0 aliphatic carbocycles. The van der Waals surface area contributed by atoms with E-state index in [1.165, 1.54) is 5.56 Å². The molecular formula is C15H16N4OS. The van der Waals surface area contributed by atoms with E-state index in [1.807, 2.05) is 29.8 Å². The molecule has 0 saturated carbocycles. The highest BCUT2D eigenvalue weighted by Gasteiger charge is 2.29. The number of aromatic nitrogens is 4. The molecule has 0 spiro atoms. The van der Waals surface area contributed by atoms with Crippen LogP contribution in [0.3, 0.4) is 0 Å². The number of fused-ring (bicyclic) bond motifs is 2. The van der Waals surface area contributed by atoms with Crippen LogP contribution in [0.2, 0.25) is 0 Å². The number of rotatable bonds is 2. The minimum Gasteiger partial charge on any atom is -0.491 e. The normalized spacial score (nSPS) is 17.1. The van der Waals surface area contributed by atoms with Crippen LogP contribution in [0, 0.1) is 11.7 Å². The Morgan fingerprint density at radius 2 is 2.24 bits per heavy atom. The first-order chi connectivity index (χ1) is 10.2. The highest BCUT2D eigenvalue weighted by molar-refractivity contribution is 7.71. The number of ether oxygens (including phenoxy) is 1. The molecule has 5 nitrogen and oxygen atoms in total. The van der Waals surface area contributed by atoms with Crippen LogP contribution < -0.4 is 4.74 Å². The third-order valence-corrected chi connectivity index (χ3v) is 4.36. The van der Waals surface area contributed by atoms with Gasteiger partial charge >= 0.3 is 0 Å². The lowest BCUT2D eigenvalue weighted by Crippen LogP contribution is -2.14. The first-order valence-corrected chi connectivity index (χ1v) is 7.51. The number of imidazole rings is 1. The lowest BCUT2D eigenvalue weighted by Gasteiger charge is -2.13. The molecule has 3 aromatic rings. The maximum Gasteiger partial charge on any atom is 0.180 e. The number of hydrogen-bond acceptors (Lipinski definition) is 3. The topological polar surface area (TPSA) is 47.8 Å². The van der Waals surface area contributed by atoms with E-state index in [1.54, 1.807) is 0 Å². The van der Waals surface area contributed by atoms with Crippen LogP contribution >= 0.6 is 12.2 Å². The highest BCUT2D eigenvalue weighted by atomic mass is 32.1. The van der Waals surface area contributed by atoms with Gasteiger partial charge in [0.05, 0.1) is 5.69 Å². The molecule has 3 heterocycles. The van der Waals surface area contributed by atoms with Gasteiger partial charge in [0.25, 0.3) is 0 Å². The van der Waals surface area contributed by atoms with Crippen molar-refractivity contribution in [3.05, 3.63) is 40.3 Å². The molecule has 1 atom stereocenters. The molecule has 2 aromatic heterocycles. The zero-order valence-corrected chi connectivity index (χ0v) is 12.8. The smallest absolute Gasteiger partial charge is 0.180 e. The Morgan fingerprint density at radius 1 is 1.43 bits per heavy atom. The zero-order chi connectivity index (χ0) is 14.6. The average Bonchev–Trinajstić information content (AvgIpc) is 3.13. The average molecular weight is 300 g/mol. The fraction of sp³-hybridized carbons (Fsp3) is 0.333. The van der Waals surface area contributed by atoms with Crippen molar-refractivity contribution in [2.24, 2.45) is 0 Å². The fourth-order valence-corrected chi connectivity index (χ4v) is 3.41. The minimum atomic E-state index is 0.101. The molecule has 6 heteroatoms. The van der Waals surface area contributed by atoms with Crippen molar-refractivity contribution in [3.8, 4) is 5.75 Å². The van der Waals surface area contributed by atoms with E-state index in [9.17, 15) is 0 Å². The van der Waals surface area contributed by atoms with E-state index >= 15 is 0 Å². The van der Waals surface area contributed by atoms with Gasteiger partial charge in [0.15, 0.2) is 10.4 Å². The zero-order valence-electron chi connectivity index (χ0n) is 12.0. The van der Waals surface area contributed by atoms with Crippen molar-refractivity contribution in [2.45, 2.75) is 26.4 Å². The summed E-state index contributed by atoms with van der Waals surface area (Å²) in [6.07, 6.45) is 0. The third kappa shape index (κ3) is 1.68. The number of H-pyrrole nitrogens is 1. The van der Waals surface area contributed by atoms with E-state index in [0.29, 0.717) is 6.61 Å². The standard InChI is InChI=1S/C15H16N4OS/c1-3-18-14-13(9(2)17-18)16-15(21)19(14)11-8-20-12-7-5-4-6-10(11)12/h4-7,11H,3,8H2,1-2H3,(H,16,21). The van der Waals surface area contributed by atoms with Gasteiger partial charge < -0.3 is 9.72 Å². The Hall–Kier alpha value is -2.08. The lowest BCUT2D eigenvalue weighted by molar-refractivity contribution is 0.317. The van der Waals surface area contributed by atoms with Gasteiger partial charge in [-0.1, -0.05) is 18.2 Å². The quantitative estimate of drug-likeness (QED) is 0.739. The number of aromatic amines is 1. The summed E-state index contributed by atoms with van der Waals surface area (Å²) in [4.78, 5) is 3.30. The molecule has 1 aliphatic rings. The first kappa shape index (κ1) is 12.6. The summed E-state index contributed by atoms with van der Waals surface area (Å²) in [5, 5.41) is 4.57. The summed E-state index contributed by atoms with van der Waals surface area (Å²) >= 11 is 5.55. The number of hydrogen-bond donors (Lipinski definition) is 1. The van der Waals surface area contributed by atoms with E-state index in [0.717, 1.165) is 33.9 Å². The molecule has 21 heavy (non-hydrogen) atoms. The SMILES string of the molecule is CCn1nc(C)c2[nH]c(=S)n(C3COc4ccccc43)c21. The molecule has 0 amide bonds. The summed E-state index contributed by atoms with van der Waals surface area (Å²) in [5.74, 6) is 0.943. The summed E-state index contributed by atoms with van der Waals surface area (Å²) in [6.45, 7) is 5.51. The van der Waals surface area contributed by atoms with Crippen molar-refractivity contribution >= 4 is 23.4 Å². The van der Waals surface area contributed by atoms with Crippen LogP contribution in [0.15, 0.2) is 24.3 Å². The molecule has 0 fully saturated rings. The largest absolute Gasteiger partial charge is 0.491 e. The van der Waals surface area contributed by atoms with Crippen molar-refractivity contribution in [2.75, 3.05) is 6.61 Å². The Balaban J connectivity index is 2.00. The number of benzene rings is 1. The Kier molecular flexibility index (Phi) is 2.68. The van der Waals surface area contributed by atoms with Gasteiger partial charge in [-0.3, -0.25) is 4.57 Å². The maximum atomic E-state index is 5.81. The predicted molar refractivity (Wildman–Crippen MR) is 83.4 cm³/mol. The number of nitrogens with one attached hydrogen (secondary N) is 1. The van der Waals surface area contributed by atoms with Crippen LogP contribution in [-0.4, -0.2) is 25.9 Å². The van der Waals surface area contributed by atoms with Crippen LogP contribution in [0.25, 0.3) is 11.2 Å². The Labute approximate surface area is 127 Å². The van der Waals surface area contributed by atoms with Crippen molar-refractivity contribution < 1.29 is 4.74 Å². The second kappa shape index (κ2) is 4.46. The number of para-hydroxylation sites is 1. The molecule has 1 unspecified atom stereocenters. The molecule has 108 valence electrons. The van der Waals surface area contributed by atoms with Gasteiger partial charge in [-0.15, -0.1) is 0 Å². The van der Waals surface area contributed by atoms with E-state index in [-0.39, 0.29) is 6.04 Å². The van der Waals surface area contributed by atoms with Gasteiger partial charge in [0, 0.05) is 12.1 Å². The van der Waals surface area contributed by atoms with Crippen LogP contribution in [0.4, 0.5) is 0 Å². The van der Waals surface area contributed by atoms with Gasteiger partial charge in [0.2, 0.25) is 0 Å². The second-order valence-electron chi connectivity index (χ2n) is 5.26. The molecule has 1 aliphatic heterocycles. The Morgan fingerprint density at radius 3 is 3.05 bits per heavy atom. The van der Waals surface area contributed by atoms with Gasteiger partial charge in [0.1, 0.15) is 23.9 Å². The first-order valence-electron chi connectivity index (χ1n) is 7.10. The van der Waals surface area contributed by atoms with Crippen LogP contribution in [0.1, 0.15) is 24.2 Å². The summed E-state index contributed by atoms with van der Waals surface area (Å²) < 4.78 is 10.7. The van der Waals surface area contributed by atoms with Crippen molar-refractivity contribution in [1.29, 1.82) is 0 Å². The van der Waals surface area contributed by atoms with Gasteiger partial charge in [-0.05, 0) is 32.1 Å². The molecule has 0 saturated heterocycles. The van der Waals surface area contributed by atoms with Gasteiger partial charge in [-0.2, -0.15) is 5.10 Å². The molecule has 1 aromatic carbocycles. The summed E-state index contributed by atoms with van der Waals surface area (Å²) in [6, 6.07) is 8.24.